The van der Waals surface area contributed by atoms with Crippen LogP contribution in [-0.4, -0.2) is 9.97 Å². The Labute approximate surface area is 184 Å². The van der Waals surface area contributed by atoms with Crippen molar-refractivity contribution in [3.8, 4) is 22.3 Å². The van der Waals surface area contributed by atoms with E-state index in [-0.39, 0.29) is 0 Å². The van der Waals surface area contributed by atoms with Gasteiger partial charge in [-0.3, -0.25) is 4.98 Å². The molecule has 2 nitrogen and oxygen atoms in total. The average Bonchev–Trinajstić information content (AvgIpc) is 3.03. The van der Waals surface area contributed by atoms with Gasteiger partial charge in [-0.1, -0.05) is 89.9 Å². The van der Waals surface area contributed by atoms with E-state index in [0.717, 1.165) is 27.5 Å². The van der Waals surface area contributed by atoms with Gasteiger partial charge in [0.25, 0.3) is 0 Å². The van der Waals surface area contributed by atoms with Crippen molar-refractivity contribution in [2.45, 2.75) is 0 Å². The summed E-state index contributed by atoms with van der Waals surface area (Å²) < 4.78 is 0. The monoisotopic (exact) mass is 426 g/mol. The molecule has 2 heterocycles. The molecular weight excluding hydrogens is 411 g/mol. The maximum atomic E-state index is 5.98. The quantitative estimate of drug-likeness (QED) is 0.230. The second-order valence-electron chi connectivity index (χ2n) is 6.98. The van der Waals surface area contributed by atoms with E-state index in [1.165, 1.54) is 16.5 Å². The molecule has 4 heteroatoms. The second-order valence-corrected chi connectivity index (χ2v) is 7.74. The van der Waals surface area contributed by atoms with E-state index < -0.39 is 0 Å². The zero-order valence-electron chi connectivity index (χ0n) is 15.9. The first-order chi connectivity index (χ1) is 14.7. The van der Waals surface area contributed by atoms with E-state index in [1.807, 2.05) is 48.7 Å². The minimum Gasteiger partial charge on any atom is -0.256 e. The highest BCUT2D eigenvalue weighted by molar-refractivity contribution is 6.42. The van der Waals surface area contributed by atoms with Gasteiger partial charge in [0.1, 0.15) is 5.15 Å². The number of fused-ring (bicyclic) bond motifs is 6. The molecule has 0 spiro atoms. The molecule has 0 bridgehead atoms. The van der Waals surface area contributed by atoms with Crippen LogP contribution in [0.4, 0.5) is 0 Å². The molecule has 0 unspecified atom stereocenters. The van der Waals surface area contributed by atoms with E-state index in [1.54, 1.807) is 0 Å². The summed E-state index contributed by atoms with van der Waals surface area (Å²) in [6.45, 7) is 0. The van der Waals surface area contributed by atoms with Crippen molar-refractivity contribution in [1.29, 1.82) is 0 Å². The van der Waals surface area contributed by atoms with Crippen molar-refractivity contribution in [1.82, 2.24) is 9.97 Å². The van der Waals surface area contributed by atoms with Gasteiger partial charge in [0.2, 0.25) is 0 Å². The Morgan fingerprint density at radius 3 is 1.93 bits per heavy atom. The van der Waals surface area contributed by atoms with Crippen LogP contribution in [0.25, 0.3) is 44.1 Å². The molecule has 2 aromatic heterocycles. The van der Waals surface area contributed by atoms with Gasteiger partial charge in [0.05, 0.1) is 16.1 Å². The Morgan fingerprint density at radius 2 is 1.20 bits per heavy atom. The van der Waals surface area contributed by atoms with Crippen molar-refractivity contribution in [3.05, 3.63) is 107 Å². The highest BCUT2D eigenvalue weighted by atomic mass is 35.5. The van der Waals surface area contributed by atoms with Gasteiger partial charge in [-0.2, -0.15) is 0 Å². The van der Waals surface area contributed by atoms with E-state index in [9.17, 15) is 0 Å². The zero-order valence-corrected chi connectivity index (χ0v) is 17.4. The van der Waals surface area contributed by atoms with E-state index in [2.05, 4.69) is 58.5 Å². The minimum absolute atomic E-state index is 0.355. The Balaban J connectivity index is 0.000000130. The molecule has 0 atom stereocenters. The lowest BCUT2D eigenvalue weighted by Crippen LogP contribution is -1.76. The maximum absolute atomic E-state index is 5.98. The Hall–Kier alpha value is -3.20. The number of nitrogens with zero attached hydrogens (tertiary/aromatic N) is 2. The fourth-order valence-corrected chi connectivity index (χ4v) is 4.02. The van der Waals surface area contributed by atoms with Crippen LogP contribution in [0, 0.1) is 0 Å². The Kier molecular flexibility index (Phi) is 4.96. The molecule has 144 valence electrons. The van der Waals surface area contributed by atoms with Crippen molar-refractivity contribution in [2.24, 2.45) is 0 Å². The molecule has 30 heavy (non-hydrogen) atoms. The number of aromatic nitrogens is 2. The topological polar surface area (TPSA) is 25.8 Å². The zero-order chi connectivity index (χ0) is 20.5. The van der Waals surface area contributed by atoms with Crippen LogP contribution in [-0.2, 0) is 0 Å². The fourth-order valence-electron chi connectivity index (χ4n) is 3.72. The van der Waals surface area contributed by atoms with E-state index in [4.69, 9.17) is 23.2 Å². The molecule has 0 aromatic carbocycles. The molecule has 2 aromatic rings. The summed E-state index contributed by atoms with van der Waals surface area (Å²) >= 11 is 11.9. The van der Waals surface area contributed by atoms with Crippen LogP contribution in [0.3, 0.4) is 0 Å². The molecule has 0 amide bonds. The maximum Gasteiger partial charge on any atom is 0.148 e. The first kappa shape index (κ1) is 18.8. The molecular formula is C26H16Cl2N2. The summed E-state index contributed by atoms with van der Waals surface area (Å²) in [7, 11) is 0. The standard InChI is InChI=1S/C13H7Cl2N.C13H9N/c14-11-7-10-9-5-3-1-2-4-8(9)6-12(10)16-13(11)15;1-2-5-10-9-13-12(7-4-8-14-13)11(10)6-3-1/h1-7H;1-9H. The van der Waals surface area contributed by atoms with E-state index >= 15 is 0 Å². The lowest BCUT2D eigenvalue weighted by molar-refractivity contribution is 1.43. The largest absolute Gasteiger partial charge is 0.256 e. The molecule has 0 saturated carbocycles. The molecule has 0 N–H and O–H groups in total. The molecule has 6 rings (SSSR count). The van der Waals surface area contributed by atoms with Gasteiger partial charge in [0, 0.05) is 17.0 Å². The number of hydrogen-bond acceptors (Lipinski definition) is 2. The minimum atomic E-state index is 0.355. The highest BCUT2D eigenvalue weighted by Gasteiger charge is 2.11. The summed E-state index contributed by atoms with van der Waals surface area (Å²) in [4.78, 5) is 8.61. The third-order valence-electron chi connectivity index (χ3n) is 5.11. The van der Waals surface area contributed by atoms with Gasteiger partial charge in [0.15, 0.2) is 0 Å². The highest BCUT2D eigenvalue weighted by Crippen LogP contribution is 2.35. The van der Waals surface area contributed by atoms with E-state index in [0.29, 0.717) is 10.2 Å². The molecule has 0 aliphatic heterocycles. The predicted octanol–water partition coefficient (Wildman–Crippen LogP) is 7.99. The van der Waals surface area contributed by atoms with Crippen LogP contribution in [0.5, 0.6) is 0 Å². The summed E-state index contributed by atoms with van der Waals surface area (Å²) in [6, 6.07) is 30.7. The third-order valence-corrected chi connectivity index (χ3v) is 5.78. The molecule has 4 aliphatic rings. The van der Waals surface area contributed by atoms with Crippen LogP contribution in [0.1, 0.15) is 0 Å². The summed E-state index contributed by atoms with van der Waals surface area (Å²) in [5.74, 6) is 0. The van der Waals surface area contributed by atoms with Crippen molar-refractivity contribution in [2.75, 3.05) is 0 Å². The molecule has 0 fully saturated rings. The third kappa shape index (κ3) is 3.45. The normalized spacial score (nSPS) is 11.0. The van der Waals surface area contributed by atoms with Crippen LogP contribution < -0.4 is 0 Å². The van der Waals surface area contributed by atoms with Crippen molar-refractivity contribution < 1.29 is 0 Å². The molecule has 0 saturated heterocycles. The Morgan fingerprint density at radius 1 is 0.567 bits per heavy atom. The molecule has 4 aliphatic carbocycles. The lowest BCUT2D eigenvalue weighted by Gasteiger charge is -1.96. The number of rotatable bonds is 0. The number of hydrogen-bond donors (Lipinski definition) is 0. The fraction of sp³-hybridized carbons (Fsp3) is 0. The van der Waals surface area contributed by atoms with Crippen LogP contribution in [0.15, 0.2) is 97.2 Å². The number of pyridine rings is 2. The average molecular weight is 427 g/mol. The Bertz CT molecular complexity index is 1430. The smallest absolute Gasteiger partial charge is 0.148 e. The van der Waals surface area contributed by atoms with Crippen molar-refractivity contribution in [3.63, 3.8) is 0 Å². The summed E-state index contributed by atoms with van der Waals surface area (Å²) in [5, 5.41) is 3.13. The van der Waals surface area contributed by atoms with Gasteiger partial charge >= 0.3 is 0 Å². The van der Waals surface area contributed by atoms with Gasteiger partial charge < -0.3 is 0 Å². The lowest BCUT2D eigenvalue weighted by atomic mass is 10.1. The first-order valence-electron chi connectivity index (χ1n) is 9.57. The number of halogens is 2. The van der Waals surface area contributed by atoms with Gasteiger partial charge in [-0.25, -0.2) is 4.98 Å². The van der Waals surface area contributed by atoms with Gasteiger partial charge in [-0.05, 0) is 46.5 Å². The van der Waals surface area contributed by atoms with Crippen molar-refractivity contribution >= 4 is 45.0 Å². The van der Waals surface area contributed by atoms with Gasteiger partial charge in [-0.15, -0.1) is 0 Å². The SMILES string of the molecule is Clc1cc2c3cccccc-3cc2nc1Cl.c1ccc2cc3ncccc3c-2cc1. The molecule has 0 radical (unpaired) electrons. The summed E-state index contributed by atoms with van der Waals surface area (Å²) in [6.07, 6.45) is 1.83. The van der Waals surface area contributed by atoms with Crippen LogP contribution >= 0.6 is 23.2 Å². The predicted molar refractivity (Wildman–Crippen MR) is 127 cm³/mol. The first-order valence-corrected chi connectivity index (χ1v) is 10.3. The second kappa shape index (κ2) is 7.91. The summed E-state index contributed by atoms with van der Waals surface area (Å²) in [5.41, 5.74) is 6.78. The van der Waals surface area contributed by atoms with Crippen LogP contribution in [0.2, 0.25) is 10.2 Å².